The van der Waals surface area contributed by atoms with Gasteiger partial charge in [0, 0.05) is 19.6 Å². The number of rotatable bonds is 3. The lowest BCUT2D eigenvalue weighted by Crippen LogP contribution is -2.54. The van der Waals surface area contributed by atoms with Crippen LogP contribution >= 0.6 is 11.3 Å². The Bertz CT molecular complexity index is 983. The third-order valence-corrected chi connectivity index (χ3v) is 9.24. The third-order valence-electron chi connectivity index (χ3n) is 6.01. The second kappa shape index (κ2) is 7.85. The van der Waals surface area contributed by atoms with E-state index in [2.05, 4.69) is 13.8 Å². The average Bonchev–Trinajstić information content (AvgIpc) is 3.18. The van der Waals surface area contributed by atoms with Crippen molar-refractivity contribution in [2.75, 3.05) is 13.1 Å². The molecule has 3 heterocycles. The van der Waals surface area contributed by atoms with Gasteiger partial charge in [-0.15, -0.1) is 11.3 Å². The Morgan fingerprint density at radius 3 is 2.59 bits per heavy atom. The van der Waals surface area contributed by atoms with Crippen LogP contribution in [0.1, 0.15) is 44.2 Å². The topological polar surface area (TPSA) is 57.7 Å². The van der Waals surface area contributed by atoms with Crippen LogP contribution in [0.2, 0.25) is 0 Å². The number of sulfonamides is 1. The normalized spacial score (nSPS) is 22.7. The average molecular weight is 433 g/mol. The van der Waals surface area contributed by atoms with Crippen molar-refractivity contribution < 1.29 is 13.2 Å². The number of likely N-dealkylation sites (tertiary alicyclic amines) is 1. The molecule has 1 saturated heterocycles. The van der Waals surface area contributed by atoms with Gasteiger partial charge in [0.1, 0.15) is 10.3 Å². The van der Waals surface area contributed by atoms with Gasteiger partial charge in [0.15, 0.2) is 0 Å². The molecule has 0 aliphatic carbocycles. The first-order chi connectivity index (χ1) is 13.8. The minimum Gasteiger partial charge on any atom is -0.341 e. The van der Waals surface area contributed by atoms with Crippen LogP contribution in [-0.4, -0.2) is 42.7 Å². The first kappa shape index (κ1) is 20.6. The van der Waals surface area contributed by atoms with Gasteiger partial charge in [-0.1, -0.05) is 50.6 Å². The Hall–Kier alpha value is -1.70. The molecule has 7 heteroatoms. The third kappa shape index (κ3) is 4.13. The van der Waals surface area contributed by atoms with Gasteiger partial charge in [-0.25, -0.2) is 8.42 Å². The quantitative estimate of drug-likeness (QED) is 0.739. The van der Waals surface area contributed by atoms with E-state index in [1.807, 2.05) is 29.2 Å². The molecule has 0 radical (unpaired) electrons. The molecule has 29 heavy (non-hydrogen) atoms. The van der Waals surface area contributed by atoms with Gasteiger partial charge in [-0.05, 0) is 47.3 Å². The highest BCUT2D eigenvalue weighted by atomic mass is 32.2. The summed E-state index contributed by atoms with van der Waals surface area (Å²) >= 11 is 1.20. The Labute approximate surface area is 177 Å². The predicted molar refractivity (Wildman–Crippen MR) is 115 cm³/mol. The molecule has 1 aromatic heterocycles. The lowest BCUT2D eigenvalue weighted by atomic mass is 9.88. The number of carbonyl (C=O) groups excluding carboxylic acids is 1. The van der Waals surface area contributed by atoms with E-state index in [9.17, 15) is 13.2 Å². The summed E-state index contributed by atoms with van der Waals surface area (Å²) in [6.45, 7) is 6.00. The lowest BCUT2D eigenvalue weighted by molar-refractivity contribution is -0.136. The molecule has 2 aromatic rings. The highest BCUT2D eigenvalue weighted by Gasteiger charge is 2.42. The molecular weight excluding hydrogens is 404 g/mol. The number of fused-ring (bicyclic) bond motifs is 1. The van der Waals surface area contributed by atoms with Crippen molar-refractivity contribution in [1.29, 1.82) is 0 Å². The Morgan fingerprint density at radius 2 is 1.86 bits per heavy atom. The number of nitrogens with zero attached hydrogens (tertiary/aromatic N) is 2. The largest absolute Gasteiger partial charge is 0.341 e. The summed E-state index contributed by atoms with van der Waals surface area (Å²) in [6.07, 6.45) is 3.58. The van der Waals surface area contributed by atoms with E-state index in [0.717, 1.165) is 30.4 Å². The zero-order valence-electron chi connectivity index (χ0n) is 17.0. The zero-order valence-corrected chi connectivity index (χ0v) is 18.6. The number of carbonyl (C=O) groups is 1. The van der Waals surface area contributed by atoms with Gasteiger partial charge >= 0.3 is 0 Å². The Morgan fingerprint density at radius 1 is 1.10 bits per heavy atom. The fourth-order valence-electron chi connectivity index (χ4n) is 4.47. The van der Waals surface area contributed by atoms with Crippen LogP contribution in [0.4, 0.5) is 0 Å². The van der Waals surface area contributed by atoms with E-state index in [1.54, 1.807) is 17.5 Å². The standard InChI is InChI=1S/C22H28N2O3S2/c1-22(2)11-5-6-12-23(16-22)21(25)19-14-17-8-3-4-9-18(17)15-24(19)29(26,27)20-10-7-13-28-20/h3-4,7-10,13,19H,5-6,11-12,14-16H2,1-2H3. The van der Waals surface area contributed by atoms with Crippen LogP contribution in [0.15, 0.2) is 46.0 Å². The van der Waals surface area contributed by atoms with Crippen LogP contribution in [0.5, 0.6) is 0 Å². The summed E-state index contributed by atoms with van der Waals surface area (Å²) in [7, 11) is -3.73. The van der Waals surface area contributed by atoms with E-state index < -0.39 is 16.1 Å². The molecule has 0 bridgehead atoms. The summed E-state index contributed by atoms with van der Waals surface area (Å²) < 4.78 is 28.6. The van der Waals surface area contributed by atoms with Gasteiger partial charge in [-0.3, -0.25) is 4.79 Å². The van der Waals surface area contributed by atoms with Crippen LogP contribution in [0.3, 0.4) is 0 Å². The van der Waals surface area contributed by atoms with Crippen LogP contribution in [-0.2, 0) is 27.8 Å². The highest BCUT2D eigenvalue weighted by Crippen LogP contribution is 2.33. The van der Waals surface area contributed by atoms with Crippen molar-refractivity contribution in [2.45, 2.75) is 56.3 Å². The molecule has 0 spiro atoms. The maximum absolute atomic E-state index is 13.7. The van der Waals surface area contributed by atoms with E-state index in [0.29, 0.717) is 23.7 Å². The molecular formula is C22H28N2O3S2. The van der Waals surface area contributed by atoms with Gasteiger partial charge in [-0.2, -0.15) is 4.31 Å². The molecule has 0 saturated carbocycles. The Kier molecular flexibility index (Phi) is 5.57. The van der Waals surface area contributed by atoms with Crippen molar-refractivity contribution in [2.24, 2.45) is 5.41 Å². The molecule has 1 aromatic carbocycles. The van der Waals surface area contributed by atoms with E-state index in [1.165, 1.54) is 15.6 Å². The van der Waals surface area contributed by atoms with Crippen LogP contribution in [0.25, 0.3) is 0 Å². The Balaban J connectivity index is 1.71. The van der Waals surface area contributed by atoms with Crippen LogP contribution < -0.4 is 0 Å². The van der Waals surface area contributed by atoms with E-state index in [-0.39, 0.29) is 17.9 Å². The number of benzene rings is 1. The summed E-state index contributed by atoms with van der Waals surface area (Å²) in [5.74, 6) is -0.0605. The number of amides is 1. The smallest absolute Gasteiger partial charge is 0.253 e. The first-order valence-corrected chi connectivity index (χ1v) is 12.5. The highest BCUT2D eigenvalue weighted by molar-refractivity contribution is 7.91. The summed E-state index contributed by atoms with van der Waals surface area (Å²) in [5.41, 5.74) is 2.10. The van der Waals surface area contributed by atoms with Crippen molar-refractivity contribution in [3.8, 4) is 0 Å². The minimum atomic E-state index is -3.73. The van der Waals surface area contributed by atoms with Gasteiger partial charge in [0.05, 0.1) is 0 Å². The number of hydrogen-bond donors (Lipinski definition) is 0. The van der Waals surface area contributed by atoms with Crippen molar-refractivity contribution >= 4 is 27.3 Å². The summed E-state index contributed by atoms with van der Waals surface area (Å²) in [4.78, 5) is 15.6. The molecule has 1 amide bonds. The predicted octanol–water partition coefficient (Wildman–Crippen LogP) is 3.90. The number of hydrogen-bond acceptors (Lipinski definition) is 4. The van der Waals surface area contributed by atoms with Crippen molar-refractivity contribution in [3.05, 3.63) is 52.9 Å². The molecule has 0 N–H and O–H groups in total. The second-order valence-corrected chi connectivity index (χ2v) is 11.9. The van der Waals surface area contributed by atoms with Gasteiger partial charge in [0.2, 0.25) is 5.91 Å². The molecule has 156 valence electrons. The molecule has 4 rings (SSSR count). The fourth-order valence-corrected chi connectivity index (χ4v) is 7.15. The molecule has 1 atom stereocenters. The molecule has 1 fully saturated rings. The summed E-state index contributed by atoms with van der Waals surface area (Å²) in [6, 6.07) is 10.5. The monoisotopic (exact) mass is 432 g/mol. The molecule has 5 nitrogen and oxygen atoms in total. The maximum atomic E-state index is 13.7. The summed E-state index contributed by atoms with van der Waals surface area (Å²) in [5, 5.41) is 1.76. The van der Waals surface area contributed by atoms with Gasteiger partial charge < -0.3 is 4.90 Å². The van der Waals surface area contributed by atoms with Crippen LogP contribution in [0, 0.1) is 5.41 Å². The SMILES string of the molecule is CC1(C)CCCCN(C(=O)C2Cc3ccccc3CN2S(=O)(=O)c2cccs2)C1. The van der Waals surface area contributed by atoms with Crippen molar-refractivity contribution in [1.82, 2.24) is 9.21 Å². The maximum Gasteiger partial charge on any atom is 0.253 e. The minimum absolute atomic E-state index is 0.0518. The molecule has 2 aliphatic rings. The lowest BCUT2D eigenvalue weighted by Gasteiger charge is -2.38. The second-order valence-electron chi connectivity index (χ2n) is 8.85. The molecule has 2 aliphatic heterocycles. The first-order valence-electron chi connectivity index (χ1n) is 10.2. The van der Waals surface area contributed by atoms with E-state index >= 15 is 0 Å². The fraction of sp³-hybridized carbons (Fsp3) is 0.500. The zero-order chi connectivity index (χ0) is 20.6. The van der Waals surface area contributed by atoms with Crippen molar-refractivity contribution in [3.63, 3.8) is 0 Å². The van der Waals surface area contributed by atoms with Gasteiger partial charge in [0.25, 0.3) is 10.0 Å². The molecule has 1 unspecified atom stereocenters. The van der Waals surface area contributed by atoms with E-state index in [4.69, 9.17) is 0 Å². The number of thiophene rings is 1.